The highest BCUT2D eigenvalue weighted by Gasteiger charge is 2.43. The molecule has 3 aromatic rings. The van der Waals surface area contributed by atoms with E-state index in [0.717, 1.165) is 11.3 Å². The number of dihydropyridines is 1. The maximum atomic E-state index is 13.7. The molecule has 194 valence electrons. The minimum absolute atomic E-state index is 0.0454. The molecule has 6 nitrogen and oxygen atoms in total. The lowest BCUT2D eigenvalue weighted by atomic mass is 9.68. The van der Waals surface area contributed by atoms with Gasteiger partial charge in [0.05, 0.1) is 15.4 Å². The summed E-state index contributed by atoms with van der Waals surface area (Å²) in [7, 11) is -3.73. The van der Waals surface area contributed by atoms with Crippen LogP contribution in [-0.4, -0.2) is 20.0 Å². The van der Waals surface area contributed by atoms with Crippen molar-refractivity contribution in [2.24, 2.45) is 11.1 Å². The molecule has 0 aromatic heterocycles. The van der Waals surface area contributed by atoms with Gasteiger partial charge in [0.1, 0.15) is 5.82 Å². The highest BCUT2D eigenvalue weighted by molar-refractivity contribution is 7.91. The fraction of sp³-hybridized carbons (Fsp3) is 0.226. The van der Waals surface area contributed by atoms with Crippen LogP contribution in [0.4, 0.5) is 0 Å². The molecule has 1 aliphatic carbocycles. The Morgan fingerprint density at radius 3 is 2.08 bits per heavy atom. The number of hydrogen-bond donors (Lipinski definition) is 2. The first-order valence-corrected chi connectivity index (χ1v) is 14.0. The third-order valence-electron chi connectivity index (χ3n) is 7.21. The van der Waals surface area contributed by atoms with Crippen molar-refractivity contribution in [1.82, 2.24) is 5.32 Å². The van der Waals surface area contributed by atoms with Gasteiger partial charge in [0, 0.05) is 29.2 Å². The van der Waals surface area contributed by atoms with E-state index in [1.54, 1.807) is 60.7 Å². The minimum atomic E-state index is -3.73. The summed E-state index contributed by atoms with van der Waals surface area (Å²) in [4.78, 5) is 27.6. The fourth-order valence-corrected chi connectivity index (χ4v) is 6.60. The normalized spacial score (nSPS) is 19.1. The summed E-state index contributed by atoms with van der Waals surface area (Å²) in [5.41, 5.74) is 9.82. The number of carbonyl (C=O) groups excluding carboxylic acids is 2. The molecule has 0 bridgehead atoms. The van der Waals surface area contributed by atoms with Gasteiger partial charge in [-0.05, 0) is 48.6 Å². The van der Waals surface area contributed by atoms with E-state index in [1.165, 1.54) is 12.1 Å². The van der Waals surface area contributed by atoms with Crippen molar-refractivity contribution >= 4 is 21.4 Å². The predicted octanol–water partition coefficient (Wildman–Crippen LogP) is 5.21. The molecule has 0 fully saturated rings. The first-order valence-electron chi connectivity index (χ1n) is 12.5. The maximum Gasteiger partial charge on any atom is 0.206 e. The number of sulfone groups is 1. The number of hydrogen-bond acceptors (Lipinski definition) is 6. The molecule has 0 radical (unpaired) electrons. The summed E-state index contributed by atoms with van der Waals surface area (Å²) in [6, 6.07) is 21.9. The van der Waals surface area contributed by atoms with Gasteiger partial charge in [-0.25, -0.2) is 8.42 Å². The van der Waals surface area contributed by atoms with E-state index in [1.807, 2.05) is 26.8 Å². The molecule has 0 spiro atoms. The van der Waals surface area contributed by atoms with Gasteiger partial charge < -0.3 is 11.1 Å². The van der Waals surface area contributed by atoms with Crippen molar-refractivity contribution in [2.45, 2.75) is 49.3 Å². The minimum Gasteiger partial charge on any atom is -0.385 e. The third kappa shape index (κ3) is 4.58. The topological polar surface area (TPSA) is 106 Å². The zero-order valence-corrected chi connectivity index (χ0v) is 22.4. The second kappa shape index (κ2) is 9.40. The van der Waals surface area contributed by atoms with E-state index >= 15 is 0 Å². The van der Waals surface area contributed by atoms with Crippen molar-refractivity contribution in [3.63, 3.8) is 0 Å². The van der Waals surface area contributed by atoms with Gasteiger partial charge in [0.15, 0.2) is 11.6 Å². The van der Waals surface area contributed by atoms with Crippen molar-refractivity contribution in [3.8, 4) is 0 Å². The molecule has 0 saturated carbocycles. The van der Waals surface area contributed by atoms with Crippen LogP contribution in [0.2, 0.25) is 0 Å². The average Bonchev–Trinajstić information content (AvgIpc) is 2.87. The average molecular weight is 527 g/mol. The molecule has 0 amide bonds. The molecule has 1 atom stereocenters. The molecular formula is C31H30N2O4S. The van der Waals surface area contributed by atoms with Crippen molar-refractivity contribution in [1.29, 1.82) is 0 Å². The number of benzene rings is 3. The summed E-state index contributed by atoms with van der Waals surface area (Å²) in [5.74, 6) is -0.819. The van der Waals surface area contributed by atoms with Crippen molar-refractivity contribution in [2.75, 3.05) is 0 Å². The van der Waals surface area contributed by atoms with Gasteiger partial charge >= 0.3 is 0 Å². The van der Waals surface area contributed by atoms with Crippen LogP contribution in [0.5, 0.6) is 0 Å². The van der Waals surface area contributed by atoms with E-state index < -0.39 is 15.8 Å². The van der Waals surface area contributed by atoms with Gasteiger partial charge in [-0.3, -0.25) is 9.59 Å². The molecule has 38 heavy (non-hydrogen) atoms. The number of nitrogens with two attached hydrogens (primary N) is 1. The summed E-state index contributed by atoms with van der Waals surface area (Å²) in [6.45, 7) is 5.95. The summed E-state index contributed by atoms with van der Waals surface area (Å²) < 4.78 is 26.5. The lowest BCUT2D eigenvalue weighted by Crippen LogP contribution is -2.41. The van der Waals surface area contributed by atoms with E-state index in [2.05, 4.69) is 5.32 Å². The molecule has 0 saturated heterocycles. The summed E-state index contributed by atoms with van der Waals surface area (Å²) >= 11 is 0. The van der Waals surface area contributed by atoms with Crippen LogP contribution in [-0.2, 0) is 14.6 Å². The van der Waals surface area contributed by atoms with E-state index in [-0.39, 0.29) is 38.2 Å². The van der Waals surface area contributed by atoms with Gasteiger partial charge in [-0.15, -0.1) is 0 Å². The standard InChI is InChI=1S/C31H30N2O4S/c1-19-9-13-22(14-10-19)38(36,37)23-15-11-20(12-16-23)26-27-24(17-31(2,3)18-25(27)34)33-30(32)28(26)29(35)21-7-5-4-6-8-21/h4-16,26,33H,17-18,32H2,1-3H3. The van der Waals surface area contributed by atoms with Crippen LogP contribution in [0.15, 0.2) is 111 Å². The number of rotatable bonds is 5. The molecule has 3 N–H and O–H groups in total. The Labute approximate surface area is 223 Å². The van der Waals surface area contributed by atoms with Crippen molar-refractivity contribution in [3.05, 3.63) is 118 Å². The molecule has 2 aliphatic rings. The Morgan fingerprint density at radius 2 is 1.47 bits per heavy atom. The fourth-order valence-electron chi connectivity index (χ4n) is 5.34. The Bertz CT molecular complexity index is 1600. The molecule has 1 unspecified atom stereocenters. The maximum absolute atomic E-state index is 13.7. The first-order chi connectivity index (χ1) is 18.0. The van der Waals surface area contributed by atoms with Gasteiger partial charge in [0.25, 0.3) is 0 Å². The molecular weight excluding hydrogens is 496 g/mol. The molecule has 7 heteroatoms. The number of Topliss-reactive ketones (excluding diaryl/α,β-unsaturated/α-hetero) is 2. The number of ketones is 2. The Kier molecular flexibility index (Phi) is 6.35. The smallest absolute Gasteiger partial charge is 0.206 e. The first kappa shape index (κ1) is 25.7. The number of nitrogens with one attached hydrogen (secondary N) is 1. The van der Waals surface area contributed by atoms with E-state index in [0.29, 0.717) is 29.5 Å². The lowest BCUT2D eigenvalue weighted by molar-refractivity contribution is -0.118. The van der Waals surface area contributed by atoms with Crippen LogP contribution < -0.4 is 11.1 Å². The van der Waals surface area contributed by atoms with Gasteiger partial charge in [-0.2, -0.15) is 0 Å². The third-order valence-corrected chi connectivity index (χ3v) is 8.99. The Hall–Kier alpha value is -3.97. The largest absolute Gasteiger partial charge is 0.385 e. The quantitative estimate of drug-likeness (QED) is 0.442. The number of allylic oxidation sites excluding steroid dienone is 3. The molecule has 5 rings (SSSR count). The highest BCUT2D eigenvalue weighted by Crippen LogP contribution is 2.46. The monoisotopic (exact) mass is 526 g/mol. The second-order valence-corrected chi connectivity index (χ2v) is 12.7. The van der Waals surface area contributed by atoms with E-state index in [9.17, 15) is 18.0 Å². The Balaban J connectivity index is 1.62. The Morgan fingerprint density at radius 1 is 0.895 bits per heavy atom. The van der Waals surface area contributed by atoms with Crippen LogP contribution in [0.1, 0.15) is 54.1 Å². The predicted molar refractivity (Wildman–Crippen MR) is 146 cm³/mol. The summed E-state index contributed by atoms with van der Waals surface area (Å²) in [5, 5.41) is 3.17. The van der Waals surface area contributed by atoms with Crippen molar-refractivity contribution < 1.29 is 18.0 Å². The van der Waals surface area contributed by atoms with Crippen LogP contribution >= 0.6 is 0 Å². The zero-order chi connectivity index (χ0) is 27.2. The SMILES string of the molecule is Cc1ccc(S(=O)(=O)c2ccc(C3C(C(=O)c4ccccc4)=C(N)NC4=C3C(=O)CC(C)(C)C4)cc2)cc1. The van der Waals surface area contributed by atoms with Crippen LogP contribution in [0.3, 0.4) is 0 Å². The van der Waals surface area contributed by atoms with Gasteiger partial charge in [-0.1, -0.05) is 74.0 Å². The van der Waals surface area contributed by atoms with Gasteiger partial charge in [0.2, 0.25) is 9.84 Å². The number of aryl methyl sites for hydroxylation is 1. The highest BCUT2D eigenvalue weighted by atomic mass is 32.2. The summed E-state index contributed by atoms with van der Waals surface area (Å²) in [6.07, 6.45) is 0.953. The second-order valence-electron chi connectivity index (χ2n) is 10.8. The zero-order valence-electron chi connectivity index (χ0n) is 21.6. The lowest BCUT2D eigenvalue weighted by Gasteiger charge is -2.39. The van der Waals surface area contributed by atoms with Crippen LogP contribution in [0.25, 0.3) is 0 Å². The van der Waals surface area contributed by atoms with E-state index in [4.69, 9.17) is 5.73 Å². The molecule has 1 heterocycles. The van der Waals surface area contributed by atoms with Crippen LogP contribution in [0, 0.1) is 12.3 Å². The number of carbonyl (C=O) groups is 2. The molecule has 1 aliphatic heterocycles. The molecule has 3 aromatic carbocycles.